The van der Waals surface area contributed by atoms with Crippen molar-refractivity contribution >= 4 is 11.3 Å². The maximum atomic E-state index is 4.67. The zero-order chi connectivity index (χ0) is 11.4. The fourth-order valence-corrected chi connectivity index (χ4v) is 2.43. The highest BCUT2D eigenvalue weighted by atomic mass is 32.1. The number of thiazole rings is 1. The van der Waals surface area contributed by atoms with Gasteiger partial charge in [0.2, 0.25) is 0 Å². The van der Waals surface area contributed by atoms with Crippen molar-refractivity contribution in [2.45, 2.75) is 26.7 Å². The molecule has 0 spiro atoms. The largest absolute Gasteiger partial charge is 0.241 e. The molecule has 0 N–H and O–H groups in total. The Morgan fingerprint density at radius 3 is 2.62 bits per heavy atom. The van der Waals surface area contributed by atoms with E-state index >= 15 is 0 Å². The van der Waals surface area contributed by atoms with Gasteiger partial charge in [0.05, 0.1) is 5.69 Å². The lowest BCUT2D eigenvalue weighted by Crippen LogP contribution is -1.92. The molecule has 1 heterocycles. The molecule has 0 radical (unpaired) electrons. The van der Waals surface area contributed by atoms with Crippen LogP contribution >= 0.6 is 11.3 Å². The molecule has 0 fully saturated rings. The van der Waals surface area contributed by atoms with Crippen LogP contribution in [-0.2, 0) is 6.42 Å². The first-order valence-electron chi connectivity index (χ1n) is 5.75. The van der Waals surface area contributed by atoms with Gasteiger partial charge in [0.1, 0.15) is 5.01 Å². The summed E-state index contributed by atoms with van der Waals surface area (Å²) in [6.07, 6.45) is 2.32. The van der Waals surface area contributed by atoms with Crippen molar-refractivity contribution in [2.75, 3.05) is 0 Å². The van der Waals surface area contributed by atoms with E-state index in [1.807, 2.05) is 6.07 Å². The van der Waals surface area contributed by atoms with Gasteiger partial charge in [-0.2, -0.15) is 0 Å². The quantitative estimate of drug-likeness (QED) is 0.760. The van der Waals surface area contributed by atoms with Gasteiger partial charge in [-0.3, -0.25) is 0 Å². The first-order valence-corrected chi connectivity index (χ1v) is 6.63. The minimum atomic E-state index is 0.752. The second-order valence-electron chi connectivity index (χ2n) is 4.44. The lowest BCUT2D eigenvalue weighted by Gasteiger charge is -2.00. The summed E-state index contributed by atoms with van der Waals surface area (Å²) in [6.45, 7) is 4.51. The standard InChI is InChI=1S/C14H17NS/c1-11(2)8-9-13-10-16-14(15-13)12-6-4-3-5-7-12/h3-7,10-11H,8-9H2,1-2H3. The first-order chi connectivity index (χ1) is 7.75. The summed E-state index contributed by atoms with van der Waals surface area (Å²) < 4.78 is 0. The molecule has 1 nitrogen and oxygen atoms in total. The Labute approximate surface area is 101 Å². The molecule has 0 aliphatic carbocycles. The predicted molar refractivity (Wildman–Crippen MR) is 70.7 cm³/mol. The van der Waals surface area contributed by atoms with Gasteiger partial charge in [0, 0.05) is 10.9 Å². The highest BCUT2D eigenvalue weighted by Gasteiger charge is 2.04. The van der Waals surface area contributed by atoms with E-state index in [2.05, 4.69) is 48.5 Å². The average Bonchev–Trinajstić information content (AvgIpc) is 2.76. The molecule has 0 aliphatic heterocycles. The number of aromatic nitrogens is 1. The molecule has 2 heteroatoms. The summed E-state index contributed by atoms with van der Waals surface area (Å²) in [4.78, 5) is 4.67. The van der Waals surface area contributed by atoms with Crippen LogP contribution in [0.1, 0.15) is 26.0 Å². The molecule has 0 saturated heterocycles. The van der Waals surface area contributed by atoms with Crippen molar-refractivity contribution in [3.8, 4) is 10.6 Å². The molecule has 0 amide bonds. The minimum Gasteiger partial charge on any atom is -0.241 e. The fourth-order valence-electron chi connectivity index (χ4n) is 1.57. The minimum absolute atomic E-state index is 0.752. The van der Waals surface area contributed by atoms with E-state index in [4.69, 9.17) is 0 Å². The van der Waals surface area contributed by atoms with E-state index in [1.54, 1.807) is 11.3 Å². The van der Waals surface area contributed by atoms with Crippen molar-refractivity contribution in [2.24, 2.45) is 5.92 Å². The van der Waals surface area contributed by atoms with Crippen LogP contribution < -0.4 is 0 Å². The molecule has 0 atom stereocenters. The molecule has 2 aromatic rings. The highest BCUT2D eigenvalue weighted by Crippen LogP contribution is 2.24. The van der Waals surface area contributed by atoms with Gasteiger partial charge in [-0.25, -0.2) is 4.98 Å². The van der Waals surface area contributed by atoms with Crippen molar-refractivity contribution in [3.63, 3.8) is 0 Å². The smallest absolute Gasteiger partial charge is 0.123 e. The van der Waals surface area contributed by atoms with Crippen molar-refractivity contribution in [3.05, 3.63) is 41.4 Å². The third kappa shape index (κ3) is 2.92. The molecule has 0 aliphatic rings. The van der Waals surface area contributed by atoms with Crippen molar-refractivity contribution in [1.29, 1.82) is 0 Å². The molecular formula is C14H17NS. The maximum Gasteiger partial charge on any atom is 0.123 e. The molecule has 1 aromatic heterocycles. The molecule has 16 heavy (non-hydrogen) atoms. The summed E-state index contributed by atoms with van der Waals surface area (Å²) in [7, 11) is 0. The zero-order valence-corrected chi connectivity index (χ0v) is 10.6. The van der Waals surface area contributed by atoms with Crippen molar-refractivity contribution < 1.29 is 0 Å². The van der Waals surface area contributed by atoms with E-state index < -0.39 is 0 Å². The van der Waals surface area contributed by atoms with E-state index in [1.165, 1.54) is 17.7 Å². The third-order valence-electron chi connectivity index (χ3n) is 2.55. The number of aryl methyl sites for hydroxylation is 1. The van der Waals surface area contributed by atoms with Gasteiger partial charge in [-0.05, 0) is 18.8 Å². The number of hydrogen-bond acceptors (Lipinski definition) is 2. The summed E-state index contributed by atoms with van der Waals surface area (Å²) in [6, 6.07) is 10.4. The van der Waals surface area contributed by atoms with Gasteiger partial charge in [0.15, 0.2) is 0 Å². The molecule has 1 aromatic carbocycles. The van der Waals surface area contributed by atoms with Crippen LogP contribution in [0.4, 0.5) is 0 Å². The van der Waals surface area contributed by atoms with E-state index in [-0.39, 0.29) is 0 Å². The molecule has 0 bridgehead atoms. The van der Waals surface area contributed by atoms with Gasteiger partial charge < -0.3 is 0 Å². The van der Waals surface area contributed by atoms with E-state index in [0.29, 0.717) is 0 Å². The van der Waals surface area contributed by atoms with Crippen molar-refractivity contribution in [1.82, 2.24) is 4.98 Å². The Bertz CT molecular complexity index is 431. The van der Waals surface area contributed by atoms with Gasteiger partial charge in [-0.1, -0.05) is 44.2 Å². The van der Waals surface area contributed by atoms with Crippen LogP contribution in [0.2, 0.25) is 0 Å². The van der Waals surface area contributed by atoms with Crippen LogP contribution in [0.5, 0.6) is 0 Å². The molecular weight excluding hydrogens is 214 g/mol. The molecule has 0 unspecified atom stereocenters. The highest BCUT2D eigenvalue weighted by molar-refractivity contribution is 7.13. The summed E-state index contributed by atoms with van der Waals surface area (Å²) in [5.74, 6) is 0.752. The van der Waals surface area contributed by atoms with Gasteiger partial charge in [0.25, 0.3) is 0 Å². The molecule has 84 valence electrons. The number of rotatable bonds is 4. The van der Waals surface area contributed by atoms with E-state index in [9.17, 15) is 0 Å². The van der Waals surface area contributed by atoms with Crippen LogP contribution in [0.15, 0.2) is 35.7 Å². The van der Waals surface area contributed by atoms with E-state index in [0.717, 1.165) is 17.3 Å². The maximum absolute atomic E-state index is 4.67. The summed E-state index contributed by atoms with van der Waals surface area (Å²) in [5.41, 5.74) is 2.46. The van der Waals surface area contributed by atoms with Gasteiger partial charge >= 0.3 is 0 Å². The zero-order valence-electron chi connectivity index (χ0n) is 9.81. The monoisotopic (exact) mass is 231 g/mol. The second-order valence-corrected chi connectivity index (χ2v) is 5.30. The fraction of sp³-hybridized carbons (Fsp3) is 0.357. The third-order valence-corrected chi connectivity index (χ3v) is 3.49. The SMILES string of the molecule is CC(C)CCc1csc(-c2ccccc2)n1. The Hall–Kier alpha value is -1.15. The second kappa shape index (κ2) is 5.26. The average molecular weight is 231 g/mol. The Morgan fingerprint density at radius 1 is 1.19 bits per heavy atom. The molecule has 2 rings (SSSR count). The van der Waals surface area contributed by atoms with Crippen LogP contribution in [0.3, 0.4) is 0 Å². The Morgan fingerprint density at radius 2 is 1.94 bits per heavy atom. The number of benzene rings is 1. The first kappa shape index (κ1) is 11.3. The summed E-state index contributed by atoms with van der Waals surface area (Å²) >= 11 is 1.74. The normalized spacial score (nSPS) is 10.9. The Balaban J connectivity index is 2.08. The van der Waals surface area contributed by atoms with Gasteiger partial charge in [-0.15, -0.1) is 11.3 Å². The lowest BCUT2D eigenvalue weighted by atomic mass is 10.1. The van der Waals surface area contributed by atoms with Crippen LogP contribution in [0, 0.1) is 5.92 Å². The molecule has 0 saturated carbocycles. The lowest BCUT2D eigenvalue weighted by molar-refractivity contribution is 0.582. The van der Waals surface area contributed by atoms with Crippen LogP contribution in [0.25, 0.3) is 10.6 Å². The Kier molecular flexibility index (Phi) is 3.73. The topological polar surface area (TPSA) is 12.9 Å². The predicted octanol–water partition coefficient (Wildman–Crippen LogP) is 4.40. The number of hydrogen-bond donors (Lipinski definition) is 0. The van der Waals surface area contributed by atoms with Crippen LogP contribution in [-0.4, -0.2) is 4.98 Å². The number of nitrogens with zero attached hydrogens (tertiary/aromatic N) is 1. The summed E-state index contributed by atoms with van der Waals surface area (Å²) in [5, 5.41) is 3.32.